The molecule has 0 saturated heterocycles. The predicted molar refractivity (Wildman–Crippen MR) is 66.5 cm³/mol. The largest absolute Gasteiger partial charge is 0.490 e. The molecule has 1 saturated carbocycles. The van der Waals surface area contributed by atoms with Crippen molar-refractivity contribution in [2.75, 3.05) is 13.2 Å². The molecule has 1 fully saturated rings. The minimum absolute atomic E-state index is 0.110. The quantitative estimate of drug-likeness (QED) is 0.739. The maximum Gasteiger partial charge on any atom is 0.261 e. The summed E-state index contributed by atoms with van der Waals surface area (Å²) in [5.74, 6) is 0.743. The zero-order chi connectivity index (χ0) is 13.7. The number of hydrogen-bond donors (Lipinski definition) is 1. The summed E-state index contributed by atoms with van der Waals surface area (Å²) in [6.07, 6.45) is -0.433. The maximum absolute atomic E-state index is 11.9. The van der Waals surface area contributed by atoms with E-state index in [2.05, 4.69) is 0 Å². The Morgan fingerprint density at radius 2 is 2.11 bits per heavy atom. The molecule has 0 heterocycles. The molecule has 1 aliphatic carbocycles. The van der Waals surface area contributed by atoms with Crippen molar-refractivity contribution in [2.45, 2.75) is 37.9 Å². The number of aliphatic hydroxyl groups is 1. The summed E-state index contributed by atoms with van der Waals surface area (Å²) in [4.78, 5) is 0. The van der Waals surface area contributed by atoms with Gasteiger partial charge < -0.3 is 14.6 Å². The Balaban J connectivity index is 1.78. The first-order chi connectivity index (χ1) is 9.15. The van der Waals surface area contributed by atoms with E-state index in [4.69, 9.17) is 9.47 Å². The summed E-state index contributed by atoms with van der Waals surface area (Å²) in [5, 5.41) is 9.94. The van der Waals surface area contributed by atoms with E-state index in [1.165, 1.54) is 0 Å². The summed E-state index contributed by atoms with van der Waals surface area (Å²) < 4.78 is 34.1. The highest BCUT2D eigenvalue weighted by Gasteiger charge is 2.23. The Kier molecular flexibility index (Phi) is 5.10. The number of hydrogen-bond acceptors (Lipinski definition) is 3. The molecule has 1 aromatic rings. The lowest BCUT2D eigenvalue weighted by Gasteiger charge is -2.13. The average Bonchev–Trinajstić information content (AvgIpc) is 3.18. The van der Waals surface area contributed by atoms with Crippen LogP contribution in [-0.2, 0) is 4.74 Å². The van der Waals surface area contributed by atoms with Crippen molar-refractivity contribution in [3.8, 4) is 5.75 Å². The summed E-state index contributed by atoms with van der Waals surface area (Å²) >= 11 is 0. The molecule has 0 bridgehead atoms. The van der Waals surface area contributed by atoms with E-state index in [0.717, 1.165) is 24.2 Å². The van der Waals surface area contributed by atoms with E-state index in [-0.39, 0.29) is 6.61 Å². The summed E-state index contributed by atoms with van der Waals surface area (Å²) in [6.45, 7) is -0.475. The second kappa shape index (κ2) is 6.82. The molecule has 1 N–H and O–H groups in total. The molecule has 0 radical (unpaired) electrons. The van der Waals surface area contributed by atoms with Crippen LogP contribution in [0.1, 0.15) is 30.9 Å². The minimum atomic E-state index is -2.47. The summed E-state index contributed by atoms with van der Waals surface area (Å²) in [5.41, 5.74) is 0.721. The Morgan fingerprint density at radius 3 is 2.79 bits per heavy atom. The van der Waals surface area contributed by atoms with E-state index in [1.54, 1.807) is 12.1 Å². The van der Waals surface area contributed by atoms with Gasteiger partial charge in [-0.05, 0) is 30.5 Å². The molecule has 5 heteroatoms. The van der Waals surface area contributed by atoms with Crippen LogP contribution in [0.15, 0.2) is 24.3 Å². The fourth-order valence-corrected chi connectivity index (χ4v) is 1.71. The van der Waals surface area contributed by atoms with Crippen molar-refractivity contribution in [1.29, 1.82) is 0 Å². The molecule has 3 nitrogen and oxygen atoms in total. The highest BCUT2D eigenvalue weighted by molar-refractivity contribution is 5.30. The van der Waals surface area contributed by atoms with E-state index in [1.807, 2.05) is 12.1 Å². The first-order valence-corrected chi connectivity index (χ1v) is 6.45. The molecule has 0 aliphatic heterocycles. The van der Waals surface area contributed by atoms with E-state index in [9.17, 15) is 13.9 Å². The van der Waals surface area contributed by atoms with Gasteiger partial charge in [0.2, 0.25) is 0 Å². The molecule has 0 aromatic heterocycles. The van der Waals surface area contributed by atoms with Gasteiger partial charge in [0.15, 0.2) is 0 Å². The van der Waals surface area contributed by atoms with Crippen molar-refractivity contribution >= 4 is 0 Å². The fraction of sp³-hybridized carbons (Fsp3) is 0.571. The molecular weight excluding hydrogens is 254 g/mol. The van der Waals surface area contributed by atoms with E-state index < -0.39 is 19.1 Å². The smallest absolute Gasteiger partial charge is 0.261 e. The predicted octanol–water partition coefficient (Wildman–Crippen LogP) is 2.93. The number of benzene rings is 1. The van der Waals surface area contributed by atoms with Crippen molar-refractivity contribution in [3.63, 3.8) is 0 Å². The third-order valence-electron chi connectivity index (χ3n) is 2.85. The Labute approximate surface area is 111 Å². The first-order valence-electron chi connectivity index (χ1n) is 6.45. The fourth-order valence-electron chi connectivity index (χ4n) is 1.71. The lowest BCUT2D eigenvalue weighted by molar-refractivity contribution is 0.00479. The van der Waals surface area contributed by atoms with Crippen LogP contribution in [0.5, 0.6) is 5.75 Å². The van der Waals surface area contributed by atoms with Crippen LogP contribution in [0.2, 0.25) is 0 Å². The van der Waals surface area contributed by atoms with Crippen LogP contribution in [0, 0.1) is 0 Å². The molecule has 106 valence electrons. The Hall–Kier alpha value is -1.20. The number of halogens is 2. The van der Waals surface area contributed by atoms with Gasteiger partial charge in [-0.15, -0.1) is 0 Å². The number of alkyl halides is 2. The van der Waals surface area contributed by atoms with Crippen molar-refractivity contribution in [1.82, 2.24) is 0 Å². The van der Waals surface area contributed by atoms with E-state index in [0.29, 0.717) is 12.5 Å². The third kappa shape index (κ3) is 5.12. The SMILES string of the molecule is OC(CCOCC(F)F)c1cccc(OC2CC2)c1. The first kappa shape index (κ1) is 14.2. The van der Waals surface area contributed by atoms with Crippen molar-refractivity contribution < 1.29 is 23.4 Å². The second-order valence-corrected chi connectivity index (χ2v) is 4.66. The van der Waals surface area contributed by atoms with Crippen LogP contribution in [0.3, 0.4) is 0 Å². The monoisotopic (exact) mass is 272 g/mol. The van der Waals surface area contributed by atoms with Crippen LogP contribution in [-0.4, -0.2) is 30.8 Å². The average molecular weight is 272 g/mol. The number of rotatable bonds is 8. The third-order valence-corrected chi connectivity index (χ3v) is 2.85. The van der Waals surface area contributed by atoms with Crippen LogP contribution >= 0.6 is 0 Å². The van der Waals surface area contributed by atoms with Crippen LogP contribution in [0.4, 0.5) is 8.78 Å². The highest BCUT2D eigenvalue weighted by atomic mass is 19.3. The molecule has 1 atom stereocenters. The van der Waals surface area contributed by atoms with Gasteiger partial charge in [-0.3, -0.25) is 0 Å². The number of aliphatic hydroxyl groups excluding tert-OH is 1. The number of ether oxygens (including phenoxy) is 2. The topological polar surface area (TPSA) is 38.7 Å². The van der Waals surface area contributed by atoms with Gasteiger partial charge in [-0.25, -0.2) is 8.78 Å². The maximum atomic E-state index is 11.9. The van der Waals surface area contributed by atoms with Gasteiger partial charge >= 0.3 is 0 Å². The highest BCUT2D eigenvalue weighted by Crippen LogP contribution is 2.28. The van der Waals surface area contributed by atoms with Gasteiger partial charge in [-0.2, -0.15) is 0 Å². The summed E-state index contributed by atoms with van der Waals surface area (Å²) in [7, 11) is 0. The van der Waals surface area contributed by atoms with E-state index >= 15 is 0 Å². The summed E-state index contributed by atoms with van der Waals surface area (Å²) in [6, 6.07) is 7.24. The normalized spacial score (nSPS) is 16.6. The molecule has 0 amide bonds. The lowest BCUT2D eigenvalue weighted by atomic mass is 10.1. The van der Waals surface area contributed by atoms with Gasteiger partial charge in [0.1, 0.15) is 12.4 Å². The molecule has 1 aromatic carbocycles. The molecule has 2 rings (SSSR count). The minimum Gasteiger partial charge on any atom is -0.490 e. The Bertz CT molecular complexity index is 394. The Morgan fingerprint density at radius 1 is 1.32 bits per heavy atom. The van der Waals surface area contributed by atoms with Crippen LogP contribution in [0.25, 0.3) is 0 Å². The zero-order valence-corrected chi connectivity index (χ0v) is 10.6. The molecule has 1 aliphatic rings. The second-order valence-electron chi connectivity index (χ2n) is 4.66. The van der Waals surface area contributed by atoms with Gasteiger partial charge in [0, 0.05) is 13.0 Å². The molecular formula is C14H18F2O3. The van der Waals surface area contributed by atoms with Crippen molar-refractivity contribution in [2.24, 2.45) is 0 Å². The van der Waals surface area contributed by atoms with Crippen LogP contribution < -0.4 is 4.74 Å². The lowest BCUT2D eigenvalue weighted by Crippen LogP contribution is -2.08. The standard InChI is InChI=1S/C14H18F2O3/c15-14(16)9-18-7-6-13(17)10-2-1-3-12(8-10)19-11-4-5-11/h1-3,8,11,13-14,17H,4-7,9H2. The molecule has 19 heavy (non-hydrogen) atoms. The van der Waals surface area contributed by atoms with Gasteiger partial charge in [0.25, 0.3) is 6.43 Å². The molecule has 1 unspecified atom stereocenters. The zero-order valence-electron chi connectivity index (χ0n) is 10.6. The van der Waals surface area contributed by atoms with Gasteiger partial charge in [0.05, 0.1) is 12.2 Å². The molecule has 0 spiro atoms. The van der Waals surface area contributed by atoms with Crippen molar-refractivity contribution in [3.05, 3.63) is 29.8 Å². The van der Waals surface area contributed by atoms with Gasteiger partial charge in [-0.1, -0.05) is 12.1 Å².